The number of hydrogen-bond donors (Lipinski definition) is 1. The molecule has 0 amide bonds. The topological polar surface area (TPSA) is 12.0 Å². The summed E-state index contributed by atoms with van der Waals surface area (Å²) in [5, 5.41) is 2.92. The summed E-state index contributed by atoms with van der Waals surface area (Å²) in [6, 6.07) is 4.03. The summed E-state index contributed by atoms with van der Waals surface area (Å²) in [5.41, 5.74) is -0.00134. The Labute approximate surface area is 109 Å². The number of benzene rings is 1. The van der Waals surface area contributed by atoms with E-state index >= 15 is 0 Å². The molecule has 0 bridgehead atoms. The van der Waals surface area contributed by atoms with Crippen molar-refractivity contribution >= 4 is 5.69 Å². The van der Waals surface area contributed by atoms with Gasteiger partial charge in [0.25, 0.3) is 0 Å². The number of halogens is 2. The van der Waals surface area contributed by atoms with Gasteiger partial charge in [-0.3, -0.25) is 0 Å². The van der Waals surface area contributed by atoms with Gasteiger partial charge >= 0.3 is 0 Å². The number of anilines is 1. The quantitative estimate of drug-likeness (QED) is 0.635. The summed E-state index contributed by atoms with van der Waals surface area (Å²) in [7, 11) is 0. The molecule has 0 saturated carbocycles. The van der Waals surface area contributed by atoms with Crippen LogP contribution in [0.4, 0.5) is 14.5 Å². The minimum absolute atomic E-state index is 0.00134. The zero-order chi connectivity index (χ0) is 13.4. The van der Waals surface area contributed by atoms with Gasteiger partial charge in [-0.05, 0) is 25.5 Å². The molecule has 0 radical (unpaired) electrons. The van der Waals surface area contributed by atoms with Crippen molar-refractivity contribution in [3.05, 3.63) is 29.8 Å². The van der Waals surface area contributed by atoms with E-state index in [4.69, 9.17) is 0 Å². The lowest BCUT2D eigenvalue weighted by atomic mass is 10.1. The fourth-order valence-corrected chi connectivity index (χ4v) is 2.01. The lowest BCUT2D eigenvalue weighted by Crippen LogP contribution is -2.17. The average molecular weight is 255 g/mol. The zero-order valence-corrected chi connectivity index (χ0v) is 11.3. The highest BCUT2D eigenvalue weighted by molar-refractivity contribution is 5.46. The van der Waals surface area contributed by atoms with Crippen LogP contribution in [0.5, 0.6) is 0 Å². The maximum Gasteiger partial charge on any atom is 0.149 e. The normalized spacial score (nSPS) is 12.4. The third-order valence-corrected chi connectivity index (χ3v) is 3.09. The summed E-state index contributed by atoms with van der Waals surface area (Å²) < 4.78 is 26.8. The Balaban J connectivity index is 2.33. The lowest BCUT2D eigenvalue weighted by Gasteiger charge is -2.16. The second-order valence-corrected chi connectivity index (χ2v) is 4.84. The maximum absolute atomic E-state index is 13.4. The zero-order valence-electron chi connectivity index (χ0n) is 11.3. The Hall–Kier alpha value is -1.12. The van der Waals surface area contributed by atoms with Crippen LogP contribution < -0.4 is 5.32 Å². The molecule has 1 aromatic rings. The fourth-order valence-electron chi connectivity index (χ4n) is 2.01. The third kappa shape index (κ3) is 5.03. The largest absolute Gasteiger partial charge is 0.378 e. The molecule has 3 heteroatoms. The molecular formula is C15H23F2N. The van der Waals surface area contributed by atoms with Gasteiger partial charge in [0, 0.05) is 6.04 Å². The molecule has 0 aliphatic carbocycles. The predicted molar refractivity (Wildman–Crippen MR) is 72.8 cm³/mol. The second-order valence-electron chi connectivity index (χ2n) is 4.84. The molecule has 0 saturated heterocycles. The number of para-hydroxylation sites is 1. The molecule has 0 aliphatic rings. The Morgan fingerprint density at radius 2 is 1.67 bits per heavy atom. The van der Waals surface area contributed by atoms with Gasteiger partial charge in [-0.25, -0.2) is 8.78 Å². The van der Waals surface area contributed by atoms with Crippen LogP contribution in [0, 0.1) is 11.6 Å². The molecule has 1 aromatic carbocycles. The lowest BCUT2D eigenvalue weighted by molar-refractivity contribution is 0.559. The smallest absolute Gasteiger partial charge is 0.149 e. The van der Waals surface area contributed by atoms with E-state index in [1.807, 2.05) is 6.92 Å². The van der Waals surface area contributed by atoms with Gasteiger partial charge in [0.2, 0.25) is 0 Å². The van der Waals surface area contributed by atoms with Crippen molar-refractivity contribution < 1.29 is 8.78 Å². The van der Waals surface area contributed by atoms with E-state index in [2.05, 4.69) is 12.2 Å². The van der Waals surface area contributed by atoms with Gasteiger partial charge in [0.1, 0.15) is 17.3 Å². The van der Waals surface area contributed by atoms with Crippen molar-refractivity contribution in [1.29, 1.82) is 0 Å². The number of unbranched alkanes of at least 4 members (excludes halogenated alkanes) is 4. The van der Waals surface area contributed by atoms with Crippen molar-refractivity contribution in [2.75, 3.05) is 5.32 Å². The van der Waals surface area contributed by atoms with Gasteiger partial charge in [-0.15, -0.1) is 0 Å². The van der Waals surface area contributed by atoms with Crippen molar-refractivity contribution in [3.63, 3.8) is 0 Å². The Kier molecular flexibility index (Phi) is 6.69. The van der Waals surface area contributed by atoms with Crippen LogP contribution in [-0.4, -0.2) is 6.04 Å². The van der Waals surface area contributed by atoms with Crippen LogP contribution in [0.25, 0.3) is 0 Å². The third-order valence-electron chi connectivity index (χ3n) is 3.09. The maximum atomic E-state index is 13.4. The molecule has 1 atom stereocenters. The van der Waals surface area contributed by atoms with Gasteiger partial charge in [-0.1, -0.05) is 45.1 Å². The molecule has 102 valence electrons. The second kappa shape index (κ2) is 8.06. The summed E-state index contributed by atoms with van der Waals surface area (Å²) >= 11 is 0. The fraction of sp³-hybridized carbons (Fsp3) is 0.600. The van der Waals surface area contributed by atoms with E-state index in [0.717, 1.165) is 12.8 Å². The van der Waals surface area contributed by atoms with Crippen LogP contribution in [0.2, 0.25) is 0 Å². The van der Waals surface area contributed by atoms with Crippen LogP contribution >= 0.6 is 0 Å². The highest BCUT2D eigenvalue weighted by Crippen LogP contribution is 2.20. The Morgan fingerprint density at radius 1 is 1.06 bits per heavy atom. The first-order chi connectivity index (χ1) is 8.65. The molecule has 0 spiro atoms. The summed E-state index contributed by atoms with van der Waals surface area (Å²) in [5.74, 6) is -1.04. The molecule has 18 heavy (non-hydrogen) atoms. The van der Waals surface area contributed by atoms with Crippen molar-refractivity contribution in [3.8, 4) is 0 Å². The van der Waals surface area contributed by atoms with Crippen molar-refractivity contribution in [2.45, 2.75) is 58.4 Å². The van der Waals surface area contributed by atoms with E-state index < -0.39 is 11.6 Å². The van der Waals surface area contributed by atoms with E-state index in [9.17, 15) is 8.78 Å². The average Bonchev–Trinajstić information content (AvgIpc) is 2.34. The minimum atomic E-state index is -0.521. The van der Waals surface area contributed by atoms with E-state index in [1.54, 1.807) is 0 Å². The van der Waals surface area contributed by atoms with Gasteiger partial charge < -0.3 is 5.32 Å². The monoisotopic (exact) mass is 255 g/mol. The first kappa shape index (κ1) is 14.9. The number of nitrogens with one attached hydrogen (secondary N) is 1. The SMILES string of the molecule is CCCCCCCC(C)Nc1c(F)cccc1F. The molecule has 1 nitrogen and oxygen atoms in total. The first-order valence-electron chi connectivity index (χ1n) is 6.85. The van der Waals surface area contributed by atoms with Crippen LogP contribution in [-0.2, 0) is 0 Å². The van der Waals surface area contributed by atoms with E-state index in [-0.39, 0.29) is 11.7 Å². The molecule has 1 unspecified atom stereocenters. The Bertz CT molecular complexity index is 332. The van der Waals surface area contributed by atoms with Crippen LogP contribution in [0.3, 0.4) is 0 Å². The molecule has 1 rings (SSSR count). The summed E-state index contributed by atoms with van der Waals surface area (Å²) in [4.78, 5) is 0. The first-order valence-corrected chi connectivity index (χ1v) is 6.85. The van der Waals surface area contributed by atoms with Gasteiger partial charge in [-0.2, -0.15) is 0 Å². The van der Waals surface area contributed by atoms with Crippen molar-refractivity contribution in [1.82, 2.24) is 0 Å². The van der Waals surface area contributed by atoms with Gasteiger partial charge in [0.15, 0.2) is 0 Å². The molecule has 1 N–H and O–H groups in total. The Morgan fingerprint density at radius 3 is 2.28 bits per heavy atom. The molecule has 0 aromatic heterocycles. The molecule has 0 heterocycles. The molecule has 0 fully saturated rings. The predicted octanol–water partition coefficient (Wildman–Crippen LogP) is 5.13. The van der Waals surface area contributed by atoms with E-state index in [0.29, 0.717) is 0 Å². The minimum Gasteiger partial charge on any atom is -0.378 e. The van der Waals surface area contributed by atoms with Crippen LogP contribution in [0.1, 0.15) is 52.4 Å². The summed E-state index contributed by atoms with van der Waals surface area (Å²) in [6.45, 7) is 4.15. The standard InChI is InChI=1S/C15H23F2N/c1-3-4-5-6-7-9-12(2)18-15-13(16)10-8-11-14(15)17/h8,10-12,18H,3-7,9H2,1-2H3. The van der Waals surface area contributed by atoms with E-state index in [1.165, 1.54) is 43.9 Å². The van der Waals surface area contributed by atoms with Crippen molar-refractivity contribution in [2.24, 2.45) is 0 Å². The summed E-state index contributed by atoms with van der Waals surface area (Å²) in [6.07, 6.45) is 6.98. The molecular weight excluding hydrogens is 232 g/mol. The van der Waals surface area contributed by atoms with Gasteiger partial charge in [0.05, 0.1) is 0 Å². The number of rotatable bonds is 8. The highest BCUT2D eigenvalue weighted by atomic mass is 19.1. The highest BCUT2D eigenvalue weighted by Gasteiger charge is 2.10. The number of hydrogen-bond acceptors (Lipinski definition) is 1. The van der Waals surface area contributed by atoms with Crippen LogP contribution in [0.15, 0.2) is 18.2 Å². The molecule has 0 aliphatic heterocycles.